The van der Waals surface area contributed by atoms with Gasteiger partial charge in [-0.05, 0) is 79.5 Å². The van der Waals surface area contributed by atoms with Crippen LogP contribution in [0.15, 0.2) is 97.2 Å². The number of para-hydroxylation sites is 1. The first-order valence-electron chi connectivity index (χ1n) is 28.8. The number of aliphatic hydroxyl groups excluding tert-OH is 3. The molecular weight excluding hydrogens is 1140 g/mol. The number of phenols is 1. The Hall–Kier alpha value is -9.41. The molecule has 28 nitrogen and oxygen atoms in total. The van der Waals surface area contributed by atoms with Crippen LogP contribution in [0.5, 0.6) is 5.75 Å². The lowest BCUT2D eigenvalue weighted by atomic mass is 9.99. The third-order valence-electron chi connectivity index (χ3n) is 14.5. The van der Waals surface area contributed by atoms with Gasteiger partial charge in [-0.1, -0.05) is 74.5 Å². The summed E-state index contributed by atoms with van der Waals surface area (Å²) in [5.41, 5.74) is 13.9. The number of phenolic OH excluding ortho intramolecular Hbond substituents is 1. The van der Waals surface area contributed by atoms with Crippen LogP contribution in [-0.2, 0) is 67.2 Å². The summed E-state index contributed by atoms with van der Waals surface area (Å²) >= 11 is 0. The molecule has 4 aromatic rings. The van der Waals surface area contributed by atoms with Gasteiger partial charge in [-0.3, -0.25) is 53.4 Å². The number of aromatic hydroxyl groups is 1. The number of likely N-dealkylation sites (tertiary alicyclic amines) is 1. The number of nitrogens with zero attached hydrogens (tertiary/aromatic N) is 1. The van der Waals surface area contributed by atoms with Gasteiger partial charge in [-0.15, -0.1) is 0 Å². The predicted molar refractivity (Wildman–Crippen MR) is 323 cm³/mol. The molecule has 0 spiro atoms. The zero-order valence-corrected chi connectivity index (χ0v) is 49.7. The molecule has 10 amide bonds. The number of carbonyl (C=O) groups excluding carboxylic acids is 10. The van der Waals surface area contributed by atoms with Gasteiger partial charge < -0.3 is 89.6 Å². The van der Waals surface area contributed by atoms with E-state index in [9.17, 15) is 68.4 Å². The Morgan fingerprint density at radius 2 is 1.36 bits per heavy atom. The van der Waals surface area contributed by atoms with Crippen LogP contribution in [0, 0.1) is 11.3 Å². The summed E-state index contributed by atoms with van der Waals surface area (Å²) in [6.45, 7) is 5.80. The summed E-state index contributed by atoms with van der Waals surface area (Å²) in [5.74, 6) is -9.11. The van der Waals surface area contributed by atoms with E-state index in [2.05, 4.69) is 52.8 Å². The Kier molecular flexibility index (Phi) is 26.4. The highest BCUT2D eigenvalue weighted by molar-refractivity contribution is 5.99. The second-order valence-corrected chi connectivity index (χ2v) is 22.1. The van der Waals surface area contributed by atoms with Crippen molar-refractivity contribution in [3.05, 3.63) is 114 Å². The standard InChI is InChI=1S/C60H82N14O14/c1-32(2)24-45(55(84)69-42(16-11-23-65-60(63)64-5)54(83)71-44(53(62)82)27-37-30-66-41-15-10-9-14-40(37)41)68-51(81)22-21-49(79)43(25-35-12-7-6-8-13-35)70-58(87)52(33(3)75)73-56(85)46(29-50(61)80)72-57(86)48-28-39(78)31-74(48)59(88)47(67-34(4)76)26-36-17-19-38(77)20-18-36/h6-10,12-15,17-22,30,32-33,39,42-49,52,66,75,77-79H,11,16,23-29,31H2,1-5H3,(H2,61,80)(H2,62,82)(H,67,76)(H,68,81)(H,69,84)(H,70,87)(H,71,83)(H,72,86)(H,73,85)(H3,63,64,65)/b22-21+/t33-,39-,42+,43+,44+,45+,46+,47-,48+,49-,52+/m1/s1. The number of carbonyl (C=O) groups is 10. The summed E-state index contributed by atoms with van der Waals surface area (Å²) in [6.07, 6.45) is -1.81. The van der Waals surface area contributed by atoms with Gasteiger partial charge in [0, 0.05) is 69.5 Å². The van der Waals surface area contributed by atoms with E-state index in [1.54, 1.807) is 57.4 Å². The summed E-state index contributed by atoms with van der Waals surface area (Å²) in [4.78, 5) is 140. The number of hydrogen-bond donors (Lipinski definition) is 17. The van der Waals surface area contributed by atoms with Crippen LogP contribution in [0.3, 0.4) is 0 Å². The number of fused-ring (bicyclic) bond motifs is 1. The Balaban J connectivity index is 1.30. The Labute approximate surface area is 508 Å². The molecule has 11 atom stereocenters. The van der Waals surface area contributed by atoms with Crippen molar-refractivity contribution in [3.63, 3.8) is 0 Å². The van der Waals surface area contributed by atoms with Crippen molar-refractivity contribution in [2.24, 2.45) is 17.4 Å². The molecule has 0 unspecified atom stereocenters. The lowest BCUT2D eigenvalue weighted by Crippen LogP contribution is -2.61. The first kappa shape index (κ1) is 69.4. The number of aliphatic hydroxyl groups is 3. The van der Waals surface area contributed by atoms with E-state index < -0.39 is 132 Å². The minimum Gasteiger partial charge on any atom is -0.508 e. The minimum absolute atomic E-state index is 0.0164. The van der Waals surface area contributed by atoms with Crippen LogP contribution >= 0.6 is 0 Å². The second kappa shape index (κ2) is 33.5. The Bertz CT molecular complexity index is 3120. The van der Waals surface area contributed by atoms with Crippen molar-refractivity contribution >= 4 is 75.9 Å². The summed E-state index contributed by atoms with van der Waals surface area (Å²) in [6, 6.07) is 10.4. The number of aromatic nitrogens is 1. The molecule has 1 aromatic heterocycles. The van der Waals surface area contributed by atoms with Crippen LogP contribution < -0.4 is 59.3 Å². The van der Waals surface area contributed by atoms with Gasteiger partial charge in [-0.2, -0.15) is 0 Å². The van der Waals surface area contributed by atoms with Crippen molar-refractivity contribution in [2.75, 3.05) is 20.1 Å². The minimum atomic E-state index is -1.83. The average molecular weight is 1220 g/mol. The highest BCUT2D eigenvalue weighted by Gasteiger charge is 2.43. The SMILES string of the molecule is CNC(=N)NCCC[C@H](NC(=O)[C@H](CC(C)C)NC(=O)/C=C/[C@@H](O)[C@H](Cc1ccccc1)NC(=O)[C@@H](NC(=O)[C@H](CC(N)=O)NC(=O)[C@@H]1C[C@@H](O)CN1C(=O)[C@@H](Cc1ccc(O)cc1)NC(C)=O)[C@@H](C)O)C(=O)N[C@@H](Cc1c[nH]c2ccccc12)C(N)=O. The fourth-order valence-corrected chi connectivity index (χ4v) is 9.96. The van der Waals surface area contributed by atoms with E-state index in [0.29, 0.717) is 16.7 Å². The van der Waals surface area contributed by atoms with Crippen LogP contribution in [0.2, 0.25) is 0 Å². The molecule has 1 saturated heterocycles. The fourth-order valence-electron chi connectivity index (χ4n) is 9.96. The number of guanidine groups is 1. The number of β-amino-alcohol motifs (C(OH)–C–C–N with tert-alkyl or cyclic N) is 1. The largest absolute Gasteiger partial charge is 0.508 e. The molecule has 88 heavy (non-hydrogen) atoms. The van der Waals surface area contributed by atoms with Crippen LogP contribution in [0.4, 0.5) is 0 Å². The van der Waals surface area contributed by atoms with Gasteiger partial charge in [-0.25, -0.2) is 0 Å². The molecule has 3 aromatic carbocycles. The van der Waals surface area contributed by atoms with E-state index >= 15 is 0 Å². The molecule has 476 valence electrons. The molecule has 5 rings (SSSR count). The third-order valence-corrected chi connectivity index (χ3v) is 14.5. The van der Waals surface area contributed by atoms with Gasteiger partial charge in [0.2, 0.25) is 59.1 Å². The maximum atomic E-state index is 14.2. The molecule has 0 aliphatic carbocycles. The molecule has 1 aliphatic heterocycles. The zero-order valence-electron chi connectivity index (χ0n) is 49.7. The molecule has 0 radical (unpaired) electrons. The quantitative estimate of drug-likeness (QED) is 0.0104. The topological polar surface area (TPSA) is 455 Å². The molecule has 1 fully saturated rings. The monoisotopic (exact) mass is 1220 g/mol. The second-order valence-electron chi connectivity index (χ2n) is 22.1. The number of primary amides is 2. The van der Waals surface area contributed by atoms with E-state index in [-0.39, 0.29) is 75.7 Å². The number of nitrogens with one attached hydrogen (secondary N) is 11. The first-order chi connectivity index (χ1) is 41.7. The van der Waals surface area contributed by atoms with Crippen molar-refractivity contribution in [1.82, 2.24) is 57.7 Å². The molecule has 0 bridgehead atoms. The van der Waals surface area contributed by atoms with Gasteiger partial charge in [0.1, 0.15) is 48.0 Å². The number of benzene rings is 3. The van der Waals surface area contributed by atoms with E-state index in [1.807, 2.05) is 24.3 Å². The Morgan fingerprint density at radius 3 is 2.00 bits per heavy atom. The smallest absolute Gasteiger partial charge is 0.246 e. The van der Waals surface area contributed by atoms with Crippen molar-refractivity contribution in [2.45, 2.75) is 146 Å². The van der Waals surface area contributed by atoms with Crippen molar-refractivity contribution in [1.29, 1.82) is 5.41 Å². The van der Waals surface area contributed by atoms with Gasteiger partial charge >= 0.3 is 0 Å². The highest BCUT2D eigenvalue weighted by atomic mass is 16.3. The molecular formula is C60H82N14O14. The number of hydrogen-bond acceptors (Lipinski definition) is 15. The van der Waals surface area contributed by atoms with Gasteiger partial charge in [0.05, 0.1) is 30.8 Å². The molecule has 28 heteroatoms. The molecule has 1 aliphatic rings. The average Bonchev–Trinajstić information content (AvgIpc) is 2.76. The number of nitrogens with two attached hydrogens (primary N) is 2. The normalized spacial score (nSPS) is 16.9. The zero-order chi connectivity index (χ0) is 64.8. The molecule has 0 saturated carbocycles. The summed E-state index contributed by atoms with van der Waals surface area (Å²) < 4.78 is 0. The van der Waals surface area contributed by atoms with Crippen molar-refractivity contribution in [3.8, 4) is 5.75 Å². The number of amides is 10. The maximum Gasteiger partial charge on any atom is 0.246 e. The first-order valence-corrected chi connectivity index (χ1v) is 28.8. The lowest BCUT2D eigenvalue weighted by molar-refractivity contribution is -0.142. The van der Waals surface area contributed by atoms with Crippen LogP contribution in [0.1, 0.15) is 76.5 Å². The van der Waals surface area contributed by atoms with Gasteiger partial charge in [0.15, 0.2) is 5.96 Å². The fraction of sp³-hybridized carbons (Fsp3) is 0.450. The number of aromatic amines is 1. The number of H-pyrrole nitrogens is 1. The summed E-state index contributed by atoms with van der Waals surface area (Å²) in [7, 11) is 1.55. The van der Waals surface area contributed by atoms with Gasteiger partial charge in [0.25, 0.3) is 0 Å². The molecule has 2 heterocycles. The summed E-state index contributed by atoms with van der Waals surface area (Å²) in [5, 5.41) is 75.1. The lowest BCUT2D eigenvalue weighted by Gasteiger charge is -2.30. The number of rotatable bonds is 32. The third kappa shape index (κ3) is 21.5. The predicted octanol–water partition coefficient (Wildman–Crippen LogP) is -2.49. The Morgan fingerprint density at radius 1 is 0.727 bits per heavy atom. The van der Waals surface area contributed by atoms with E-state index in [1.165, 1.54) is 31.2 Å². The van der Waals surface area contributed by atoms with Crippen LogP contribution in [-0.4, -0.2) is 182 Å². The van der Waals surface area contributed by atoms with E-state index in [4.69, 9.17) is 16.9 Å². The maximum absolute atomic E-state index is 14.2. The van der Waals surface area contributed by atoms with Crippen LogP contribution in [0.25, 0.3) is 10.9 Å². The van der Waals surface area contributed by atoms with Crippen molar-refractivity contribution < 1.29 is 68.4 Å². The van der Waals surface area contributed by atoms with E-state index in [0.717, 1.165) is 34.9 Å². The highest BCUT2D eigenvalue weighted by Crippen LogP contribution is 2.23. The molecule has 19 N–H and O–H groups in total.